The zero-order chi connectivity index (χ0) is 19.0. The van der Waals surface area contributed by atoms with Gasteiger partial charge in [0.05, 0.1) is 25.4 Å². The highest BCUT2D eigenvalue weighted by molar-refractivity contribution is 5.20. The van der Waals surface area contributed by atoms with Crippen molar-refractivity contribution in [3.63, 3.8) is 0 Å². The van der Waals surface area contributed by atoms with Gasteiger partial charge in [0, 0.05) is 23.2 Å². The Morgan fingerprint density at radius 1 is 1.04 bits per heavy atom. The molecule has 0 aromatic carbocycles. The van der Waals surface area contributed by atoms with Gasteiger partial charge >= 0.3 is 0 Å². The summed E-state index contributed by atoms with van der Waals surface area (Å²) in [5.74, 6) is 0.0278. The fraction of sp³-hybridized carbons (Fsp3) is 0.909. The number of ether oxygens (including phenoxy) is 2. The maximum atomic E-state index is 11.5. The van der Waals surface area contributed by atoms with E-state index in [0.29, 0.717) is 25.6 Å². The van der Waals surface area contributed by atoms with Gasteiger partial charge in [-0.15, -0.1) is 6.58 Å². The third-order valence-corrected chi connectivity index (χ3v) is 9.33. The minimum atomic E-state index is -0.583. The lowest BCUT2D eigenvalue weighted by Gasteiger charge is -2.63. The molecule has 1 unspecified atom stereocenters. The van der Waals surface area contributed by atoms with Gasteiger partial charge in [-0.05, 0) is 42.9 Å². The zero-order valence-corrected chi connectivity index (χ0v) is 16.8. The van der Waals surface area contributed by atoms with Crippen LogP contribution in [-0.2, 0) is 9.47 Å². The Balaban J connectivity index is 1.92. The third kappa shape index (κ3) is 2.10. The highest BCUT2D eigenvalue weighted by Gasteiger charge is 2.73. The van der Waals surface area contributed by atoms with Crippen LogP contribution in [0, 0.1) is 34.0 Å². The van der Waals surface area contributed by atoms with E-state index < -0.39 is 23.4 Å². The number of hydrogen-bond acceptors (Lipinski definition) is 4. The Hall–Kier alpha value is -0.420. The van der Waals surface area contributed by atoms with Crippen LogP contribution in [-0.4, -0.2) is 41.4 Å². The Morgan fingerprint density at radius 2 is 1.69 bits per heavy atom. The van der Waals surface area contributed by atoms with E-state index in [1.807, 2.05) is 6.08 Å². The summed E-state index contributed by atoms with van der Waals surface area (Å²) < 4.78 is 12.6. The summed E-state index contributed by atoms with van der Waals surface area (Å²) in [6.45, 7) is 14.1. The van der Waals surface area contributed by atoms with E-state index in [2.05, 4.69) is 34.3 Å². The molecular formula is C22H36O4. The fourth-order valence-corrected chi connectivity index (χ4v) is 7.44. The summed E-state index contributed by atoms with van der Waals surface area (Å²) in [7, 11) is 0. The number of aliphatic hydroxyl groups is 2. The molecule has 1 heterocycles. The Labute approximate surface area is 158 Å². The first kappa shape index (κ1) is 18.9. The minimum Gasteiger partial charge on any atom is -0.393 e. The molecule has 26 heavy (non-hydrogen) atoms. The predicted molar refractivity (Wildman–Crippen MR) is 100 cm³/mol. The maximum absolute atomic E-state index is 11.5. The predicted octanol–water partition coefficient (Wildman–Crippen LogP) is 3.52. The quantitative estimate of drug-likeness (QED) is 0.699. The molecule has 0 amide bonds. The Morgan fingerprint density at radius 3 is 2.31 bits per heavy atom. The molecule has 1 spiro atoms. The number of aliphatic hydroxyl groups excluding tert-OH is 2. The molecule has 1 aliphatic heterocycles. The molecule has 148 valence electrons. The van der Waals surface area contributed by atoms with E-state index in [0.717, 1.165) is 25.7 Å². The van der Waals surface area contributed by atoms with E-state index in [1.165, 1.54) is 0 Å². The van der Waals surface area contributed by atoms with Gasteiger partial charge in [0.1, 0.15) is 0 Å². The molecule has 4 nitrogen and oxygen atoms in total. The highest BCUT2D eigenvalue weighted by Crippen LogP contribution is 2.72. The van der Waals surface area contributed by atoms with Gasteiger partial charge in [0.15, 0.2) is 5.79 Å². The number of rotatable bonds is 1. The normalized spacial score (nSPS) is 56.0. The molecule has 4 rings (SSSR count). The molecule has 2 bridgehead atoms. The molecule has 0 aromatic heterocycles. The van der Waals surface area contributed by atoms with Gasteiger partial charge in [-0.1, -0.05) is 33.8 Å². The van der Waals surface area contributed by atoms with E-state index in [9.17, 15) is 10.2 Å². The second kappa shape index (κ2) is 5.79. The SMILES string of the molecule is C=C[C@@]1(C)C[C@@H](O)[C@@]2(C)C3C4(CC[C@]3(CC[C@H]2C)[C@@H](C)[C@@H]1O)OCCO4. The second-order valence-electron chi connectivity index (χ2n) is 10.1. The van der Waals surface area contributed by atoms with Crippen LogP contribution in [0.2, 0.25) is 0 Å². The van der Waals surface area contributed by atoms with Crippen molar-refractivity contribution in [3.8, 4) is 0 Å². The van der Waals surface area contributed by atoms with Crippen LogP contribution in [0.3, 0.4) is 0 Å². The van der Waals surface area contributed by atoms with Gasteiger partial charge < -0.3 is 19.7 Å². The average Bonchev–Trinajstić information content (AvgIpc) is 3.23. The monoisotopic (exact) mass is 364 g/mol. The lowest BCUT2D eigenvalue weighted by atomic mass is 9.43. The Bertz CT molecular complexity index is 585. The van der Waals surface area contributed by atoms with Crippen molar-refractivity contribution in [1.82, 2.24) is 0 Å². The summed E-state index contributed by atoms with van der Waals surface area (Å²) in [4.78, 5) is 0. The molecule has 0 radical (unpaired) electrons. The van der Waals surface area contributed by atoms with Gasteiger partial charge in [0.25, 0.3) is 0 Å². The summed E-state index contributed by atoms with van der Waals surface area (Å²) in [6, 6.07) is 0. The Kier molecular flexibility index (Phi) is 4.21. The molecule has 3 aliphatic carbocycles. The molecule has 4 heteroatoms. The minimum absolute atomic E-state index is 0.0588. The van der Waals surface area contributed by atoms with E-state index in [-0.39, 0.29) is 22.7 Å². The summed E-state index contributed by atoms with van der Waals surface area (Å²) in [6.07, 6.45) is 5.38. The molecule has 4 aliphatic rings. The molecule has 1 saturated heterocycles. The van der Waals surface area contributed by atoms with Crippen LogP contribution in [0.4, 0.5) is 0 Å². The first-order valence-corrected chi connectivity index (χ1v) is 10.4. The van der Waals surface area contributed by atoms with Crippen LogP contribution in [0.1, 0.15) is 59.8 Å². The van der Waals surface area contributed by atoms with Crippen molar-refractivity contribution in [2.45, 2.75) is 77.8 Å². The molecule has 8 atom stereocenters. The molecular weight excluding hydrogens is 328 g/mol. The van der Waals surface area contributed by atoms with Gasteiger partial charge in [-0.25, -0.2) is 0 Å². The largest absolute Gasteiger partial charge is 0.393 e. The van der Waals surface area contributed by atoms with Crippen LogP contribution < -0.4 is 0 Å². The van der Waals surface area contributed by atoms with Gasteiger partial charge in [-0.2, -0.15) is 0 Å². The average molecular weight is 365 g/mol. The lowest BCUT2D eigenvalue weighted by molar-refractivity contribution is -0.281. The van der Waals surface area contributed by atoms with Crippen molar-refractivity contribution in [1.29, 1.82) is 0 Å². The van der Waals surface area contributed by atoms with Crippen LogP contribution in [0.25, 0.3) is 0 Å². The van der Waals surface area contributed by atoms with Crippen LogP contribution in [0.15, 0.2) is 12.7 Å². The highest BCUT2D eigenvalue weighted by atomic mass is 16.7. The first-order chi connectivity index (χ1) is 12.2. The number of hydrogen-bond donors (Lipinski definition) is 2. The van der Waals surface area contributed by atoms with Gasteiger partial charge in [-0.3, -0.25) is 0 Å². The summed E-state index contributed by atoms with van der Waals surface area (Å²) >= 11 is 0. The summed E-state index contributed by atoms with van der Waals surface area (Å²) in [5, 5.41) is 22.9. The summed E-state index contributed by atoms with van der Waals surface area (Å²) in [5.41, 5.74) is -0.837. The van der Waals surface area contributed by atoms with Crippen molar-refractivity contribution in [3.05, 3.63) is 12.7 Å². The van der Waals surface area contributed by atoms with E-state index in [1.54, 1.807) is 0 Å². The fourth-order valence-electron chi connectivity index (χ4n) is 7.44. The molecule has 2 N–H and O–H groups in total. The smallest absolute Gasteiger partial charge is 0.172 e. The zero-order valence-electron chi connectivity index (χ0n) is 16.8. The third-order valence-electron chi connectivity index (χ3n) is 9.33. The van der Waals surface area contributed by atoms with Crippen LogP contribution in [0.5, 0.6) is 0 Å². The van der Waals surface area contributed by atoms with Crippen molar-refractivity contribution in [2.75, 3.05) is 13.2 Å². The second-order valence-corrected chi connectivity index (χ2v) is 10.1. The maximum Gasteiger partial charge on any atom is 0.172 e. The van der Waals surface area contributed by atoms with Gasteiger partial charge in [0.2, 0.25) is 0 Å². The standard InChI is InChI=1S/C22H36O4/c1-6-19(4)13-16(23)20(5)14(2)7-8-21(15(3)17(19)24)9-10-22(18(20)21)25-11-12-26-22/h6,14-18,23-24H,1,7-13H2,2-5H3/t14-,15+,16-,17+,18?,19+,20+,21-/m1/s1. The molecule has 4 fully saturated rings. The lowest BCUT2D eigenvalue weighted by Crippen LogP contribution is -2.65. The van der Waals surface area contributed by atoms with E-state index in [4.69, 9.17) is 9.47 Å². The van der Waals surface area contributed by atoms with Crippen molar-refractivity contribution >= 4 is 0 Å². The molecule has 3 saturated carbocycles. The van der Waals surface area contributed by atoms with Crippen molar-refractivity contribution < 1.29 is 19.7 Å². The first-order valence-electron chi connectivity index (χ1n) is 10.4. The topological polar surface area (TPSA) is 58.9 Å². The van der Waals surface area contributed by atoms with Crippen molar-refractivity contribution in [2.24, 2.45) is 34.0 Å². The van der Waals surface area contributed by atoms with E-state index >= 15 is 0 Å². The van der Waals surface area contributed by atoms with Crippen LogP contribution >= 0.6 is 0 Å². The molecule has 0 aromatic rings.